The molecule has 1 aliphatic rings. The van der Waals surface area contributed by atoms with Crippen molar-refractivity contribution in [3.63, 3.8) is 0 Å². The van der Waals surface area contributed by atoms with Crippen LogP contribution >= 0.6 is 0 Å². The second kappa shape index (κ2) is 8.00. The Labute approximate surface area is 149 Å². The topological polar surface area (TPSA) is 72.8 Å². The highest BCUT2D eigenvalue weighted by Crippen LogP contribution is 2.38. The van der Waals surface area contributed by atoms with E-state index in [2.05, 4.69) is 0 Å². The van der Waals surface area contributed by atoms with Crippen molar-refractivity contribution in [3.05, 3.63) is 35.9 Å². The number of ether oxygens (including phenoxy) is 2. The highest BCUT2D eigenvalue weighted by Gasteiger charge is 2.46. The summed E-state index contributed by atoms with van der Waals surface area (Å²) in [5, 5.41) is 10.9. The van der Waals surface area contributed by atoms with Crippen LogP contribution in [0.1, 0.15) is 58.4 Å². The van der Waals surface area contributed by atoms with E-state index in [9.17, 15) is 14.7 Å². The minimum atomic E-state index is -1.19. The second-order valence-electron chi connectivity index (χ2n) is 7.75. The first-order valence-corrected chi connectivity index (χ1v) is 8.84. The van der Waals surface area contributed by atoms with Crippen LogP contribution in [0.2, 0.25) is 0 Å². The third kappa shape index (κ3) is 5.85. The van der Waals surface area contributed by atoms with E-state index < -0.39 is 29.1 Å². The maximum absolute atomic E-state index is 12.6. The molecule has 1 aromatic rings. The van der Waals surface area contributed by atoms with E-state index in [0.717, 1.165) is 18.4 Å². The summed E-state index contributed by atoms with van der Waals surface area (Å²) < 4.78 is 10.7. The van der Waals surface area contributed by atoms with E-state index >= 15 is 0 Å². The van der Waals surface area contributed by atoms with Crippen LogP contribution in [-0.4, -0.2) is 28.2 Å². The Bertz CT molecular complexity index is 582. The van der Waals surface area contributed by atoms with Crippen LogP contribution in [0.25, 0.3) is 0 Å². The predicted octanol–water partition coefficient (Wildman–Crippen LogP) is 3.38. The summed E-state index contributed by atoms with van der Waals surface area (Å²) in [5.74, 6) is -1.93. The zero-order chi connectivity index (χ0) is 18.5. The third-order valence-electron chi connectivity index (χ3n) is 4.42. The summed E-state index contributed by atoms with van der Waals surface area (Å²) in [4.78, 5) is 24.8. The molecule has 0 amide bonds. The van der Waals surface area contributed by atoms with Gasteiger partial charge in [0.1, 0.15) is 12.2 Å². The highest BCUT2D eigenvalue weighted by atomic mass is 16.6. The standard InChI is InChI=1S/C20H28O5/c1-19(2,3)25-17(21)13-16(20(23)11-7-8-12-20)18(22)24-14-15-9-5-4-6-10-15/h4-6,9-10,16,23H,7-8,11-14H2,1-3H3. The zero-order valence-electron chi connectivity index (χ0n) is 15.3. The van der Waals surface area contributed by atoms with Crippen LogP contribution in [0.5, 0.6) is 0 Å². The minimum Gasteiger partial charge on any atom is -0.461 e. The predicted molar refractivity (Wildman–Crippen MR) is 93.6 cm³/mol. The van der Waals surface area contributed by atoms with Gasteiger partial charge in [-0.05, 0) is 39.2 Å². The summed E-state index contributed by atoms with van der Waals surface area (Å²) in [6.45, 7) is 5.45. The molecule has 0 spiro atoms. The molecule has 0 aliphatic heterocycles. The van der Waals surface area contributed by atoms with Gasteiger partial charge in [0, 0.05) is 0 Å². The molecular weight excluding hydrogens is 320 g/mol. The molecule has 0 heterocycles. The van der Waals surface area contributed by atoms with Gasteiger partial charge in [-0.3, -0.25) is 9.59 Å². The summed E-state index contributed by atoms with van der Waals surface area (Å²) >= 11 is 0. The summed E-state index contributed by atoms with van der Waals surface area (Å²) in [6, 6.07) is 9.34. The van der Waals surface area contributed by atoms with E-state index in [1.165, 1.54) is 0 Å². The van der Waals surface area contributed by atoms with E-state index in [4.69, 9.17) is 9.47 Å². The summed E-state index contributed by atoms with van der Waals surface area (Å²) in [6.07, 6.45) is 2.52. The molecule has 1 aliphatic carbocycles. The van der Waals surface area contributed by atoms with Crippen molar-refractivity contribution in [1.29, 1.82) is 0 Å². The van der Waals surface area contributed by atoms with Gasteiger partial charge in [-0.15, -0.1) is 0 Å². The largest absolute Gasteiger partial charge is 0.461 e. The zero-order valence-corrected chi connectivity index (χ0v) is 15.3. The minimum absolute atomic E-state index is 0.126. The average Bonchev–Trinajstić information content (AvgIpc) is 2.97. The third-order valence-corrected chi connectivity index (χ3v) is 4.42. The fourth-order valence-corrected chi connectivity index (χ4v) is 3.21. The van der Waals surface area contributed by atoms with Crippen LogP contribution in [0.4, 0.5) is 0 Å². The summed E-state index contributed by atoms with van der Waals surface area (Å²) in [5.41, 5.74) is -0.955. The van der Waals surface area contributed by atoms with Crippen LogP contribution in [0.3, 0.4) is 0 Å². The lowest BCUT2D eigenvalue weighted by atomic mass is 9.83. The number of hydrogen-bond donors (Lipinski definition) is 1. The van der Waals surface area contributed by atoms with Crippen molar-refractivity contribution < 1.29 is 24.2 Å². The van der Waals surface area contributed by atoms with Crippen molar-refractivity contribution in [2.24, 2.45) is 5.92 Å². The Hall–Kier alpha value is -1.88. The lowest BCUT2D eigenvalue weighted by Gasteiger charge is -2.31. The van der Waals surface area contributed by atoms with Crippen LogP contribution in [0, 0.1) is 5.92 Å². The maximum atomic E-state index is 12.6. The molecule has 0 radical (unpaired) electrons. The van der Waals surface area contributed by atoms with Crippen LogP contribution in [-0.2, 0) is 25.7 Å². The Balaban J connectivity index is 2.05. The molecule has 0 bridgehead atoms. The van der Waals surface area contributed by atoms with Gasteiger partial charge >= 0.3 is 11.9 Å². The van der Waals surface area contributed by atoms with Gasteiger partial charge in [0.15, 0.2) is 0 Å². The lowest BCUT2D eigenvalue weighted by Crippen LogP contribution is -2.43. The molecule has 1 unspecified atom stereocenters. The molecule has 138 valence electrons. The Kier molecular flexibility index (Phi) is 6.22. The first kappa shape index (κ1) is 19.4. The number of carbonyl (C=O) groups is 2. The van der Waals surface area contributed by atoms with Crippen molar-refractivity contribution in [1.82, 2.24) is 0 Å². The van der Waals surface area contributed by atoms with Crippen LogP contribution in [0.15, 0.2) is 30.3 Å². The number of carbonyl (C=O) groups excluding carboxylic acids is 2. The maximum Gasteiger partial charge on any atom is 0.312 e. The molecule has 1 aromatic carbocycles. The second-order valence-corrected chi connectivity index (χ2v) is 7.75. The van der Waals surface area contributed by atoms with Crippen molar-refractivity contribution in [3.8, 4) is 0 Å². The Morgan fingerprint density at radius 3 is 2.32 bits per heavy atom. The van der Waals surface area contributed by atoms with E-state index in [-0.39, 0.29) is 13.0 Å². The number of hydrogen-bond acceptors (Lipinski definition) is 5. The summed E-state index contributed by atoms with van der Waals surface area (Å²) in [7, 11) is 0. The van der Waals surface area contributed by atoms with Crippen molar-refractivity contribution in [2.45, 2.75) is 70.7 Å². The normalized spacial score (nSPS) is 17.8. The Morgan fingerprint density at radius 1 is 1.16 bits per heavy atom. The van der Waals surface area contributed by atoms with Gasteiger partial charge in [-0.2, -0.15) is 0 Å². The number of aliphatic hydroxyl groups is 1. The molecule has 5 heteroatoms. The van der Waals surface area contributed by atoms with Gasteiger partial charge in [0.05, 0.1) is 17.9 Å². The van der Waals surface area contributed by atoms with Gasteiger partial charge in [0.25, 0.3) is 0 Å². The van der Waals surface area contributed by atoms with Gasteiger partial charge in [-0.1, -0.05) is 43.2 Å². The number of rotatable bonds is 6. The molecule has 5 nitrogen and oxygen atoms in total. The van der Waals surface area contributed by atoms with Crippen molar-refractivity contribution >= 4 is 11.9 Å². The van der Waals surface area contributed by atoms with E-state index in [1.54, 1.807) is 20.8 Å². The lowest BCUT2D eigenvalue weighted by molar-refractivity contribution is -0.171. The molecule has 1 atom stereocenters. The van der Waals surface area contributed by atoms with Gasteiger partial charge in [-0.25, -0.2) is 0 Å². The first-order chi connectivity index (χ1) is 11.7. The fraction of sp³-hybridized carbons (Fsp3) is 0.600. The molecular formula is C20H28O5. The first-order valence-electron chi connectivity index (χ1n) is 8.84. The molecule has 0 saturated heterocycles. The monoisotopic (exact) mass is 348 g/mol. The van der Waals surface area contributed by atoms with E-state index in [0.29, 0.717) is 12.8 Å². The number of esters is 2. The molecule has 1 saturated carbocycles. The molecule has 25 heavy (non-hydrogen) atoms. The molecule has 1 N–H and O–H groups in total. The molecule has 1 fully saturated rings. The Morgan fingerprint density at radius 2 is 1.76 bits per heavy atom. The molecule has 2 rings (SSSR count). The SMILES string of the molecule is CC(C)(C)OC(=O)CC(C(=O)OCc1ccccc1)C1(O)CCCC1. The van der Waals surface area contributed by atoms with Gasteiger partial charge < -0.3 is 14.6 Å². The van der Waals surface area contributed by atoms with Gasteiger partial charge in [0.2, 0.25) is 0 Å². The smallest absolute Gasteiger partial charge is 0.312 e. The van der Waals surface area contributed by atoms with Crippen LogP contribution < -0.4 is 0 Å². The average molecular weight is 348 g/mol. The number of benzene rings is 1. The fourth-order valence-electron chi connectivity index (χ4n) is 3.21. The highest BCUT2D eigenvalue weighted by molar-refractivity contribution is 5.81. The van der Waals surface area contributed by atoms with Crippen molar-refractivity contribution in [2.75, 3.05) is 0 Å². The van der Waals surface area contributed by atoms with E-state index in [1.807, 2.05) is 30.3 Å². The quantitative estimate of drug-likeness (QED) is 0.798. The molecule has 0 aromatic heterocycles.